The van der Waals surface area contributed by atoms with Crippen LogP contribution in [0.3, 0.4) is 0 Å². The van der Waals surface area contributed by atoms with E-state index in [-0.39, 0.29) is 6.10 Å². The molecule has 0 saturated carbocycles. The zero-order valence-electron chi connectivity index (χ0n) is 12.7. The number of hydrogen-bond acceptors (Lipinski definition) is 4. The first-order chi connectivity index (χ1) is 10.1. The minimum Gasteiger partial charge on any atom is -0.385 e. The van der Waals surface area contributed by atoms with Gasteiger partial charge in [-0.05, 0) is 43.5 Å². The molecule has 5 nitrogen and oxygen atoms in total. The monoisotopic (exact) mass is 312 g/mol. The summed E-state index contributed by atoms with van der Waals surface area (Å²) >= 11 is 0. The third-order valence-corrected chi connectivity index (χ3v) is 5.62. The van der Waals surface area contributed by atoms with Crippen LogP contribution in [0.25, 0.3) is 0 Å². The summed E-state index contributed by atoms with van der Waals surface area (Å²) in [4.78, 5) is 0.348. The molecule has 118 valence electrons. The minimum atomic E-state index is -3.42. The molecule has 1 aromatic rings. The lowest BCUT2D eigenvalue weighted by Crippen LogP contribution is -2.42. The molecule has 1 atom stereocenters. The van der Waals surface area contributed by atoms with Crippen molar-refractivity contribution < 1.29 is 13.2 Å². The Morgan fingerprint density at radius 2 is 2.05 bits per heavy atom. The maximum atomic E-state index is 12.6. The van der Waals surface area contributed by atoms with E-state index in [0.717, 1.165) is 31.5 Å². The number of methoxy groups -OCH3 is 1. The molecule has 1 N–H and O–H groups in total. The predicted molar refractivity (Wildman–Crippen MR) is 84.0 cm³/mol. The van der Waals surface area contributed by atoms with Gasteiger partial charge in [0.1, 0.15) is 0 Å². The quantitative estimate of drug-likeness (QED) is 0.876. The summed E-state index contributed by atoms with van der Waals surface area (Å²) in [5.74, 6) is 0. The SMILES string of the molecule is CCCNc1ccc(S(=O)(=O)N2CCCC(OC)C2)cc1. The topological polar surface area (TPSA) is 58.6 Å². The lowest BCUT2D eigenvalue weighted by molar-refractivity contribution is 0.0572. The molecule has 2 rings (SSSR count). The number of ether oxygens (including phenoxy) is 1. The Morgan fingerprint density at radius 1 is 1.33 bits per heavy atom. The number of piperidine rings is 1. The molecule has 1 fully saturated rings. The van der Waals surface area contributed by atoms with Crippen molar-refractivity contribution >= 4 is 15.7 Å². The van der Waals surface area contributed by atoms with Crippen LogP contribution in [0.1, 0.15) is 26.2 Å². The molecule has 0 aliphatic carbocycles. The van der Waals surface area contributed by atoms with Crippen molar-refractivity contribution in [2.45, 2.75) is 37.2 Å². The van der Waals surface area contributed by atoms with Crippen LogP contribution in [-0.4, -0.2) is 45.6 Å². The fourth-order valence-electron chi connectivity index (χ4n) is 2.48. The van der Waals surface area contributed by atoms with Crippen LogP contribution < -0.4 is 5.32 Å². The van der Waals surface area contributed by atoms with Gasteiger partial charge >= 0.3 is 0 Å². The molecule has 0 aromatic heterocycles. The highest BCUT2D eigenvalue weighted by atomic mass is 32.2. The van der Waals surface area contributed by atoms with E-state index >= 15 is 0 Å². The summed E-state index contributed by atoms with van der Waals surface area (Å²) < 4.78 is 32.1. The Morgan fingerprint density at radius 3 is 2.67 bits per heavy atom. The van der Waals surface area contributed by atoms with E-state index in [0.29, 0.717) is 18.0 Å². The molecule has 1 unspecified atom stereocenters. The van der Waals surface area contributed by atoms with E-state index in [4.69, 9.17) is 4.74 Å². The first-order valence-electron chi connectivity index (χ1n) is 7.44. The summed E-state index contributed by atoms with van der Waals surface area (Å²) in [6.45, 7) is 3.98. The van der Waals surface area contributed by atoms with Gasteiger partial charge in [0.05, 0.1) is 11.0 Å². The van der Waals surface area contributed by atoms with Gasteiger partial charge < -0.3 is 10.1 Å². The highest BCUT2D eigenvalue weighted by molar-refractivity contribution is 7.89. The molecule has 1 aliphatic heterocycles. The van der Waals surface area contributed by atoms with Crippen molar-refractivity contribution in [3.05, 3.63) is 24.3 Å². The normalized spacial score (nSPS) is 20.4. The molecule has 1 aliphatic rings. The Bertz CT molecular complexity index is 543. The zero-order chi connectivity index (χ0) is 15.3. The van der Waals surface area contributed by atoms with Gasteiger partial charge in [0, 0.05) is 32.4 Å². The molecule has 0 spiro atoms. The number of nitrogens with one attached hydrogen (secondary N) is 1. The Labute approximate surface area is 127 Å². The zero-order valence-corrected chi connectivity index (χ0v) is 13.5. The maximum Gasteiger partial charge on any atom is 0.243 e. The molecule has 21 heavy (non-hydrogen) atoms. The van der Waals surface area contributed by atoms with Gasteiger partial charge in [0.2, 0.25) is 10.0 Å². The van der Waals surface area contributed by atoms with Crippen molar-refractivity contribution in [1.82, 2.24) is 4.31 Å². The first kappa shape index (κ1) is 16.3. The standard InChI is InChI=1S/C15H24N2O3S/c1-3-10-16-13-6-8-15(9-7-13)21(18,19)17-11-4-5-14(12-17)20-2/h6-9,14,16H,3-5,10-12H2,1-2H3. The van der Waals surface area contributed by atoms with E-state index < -0.39 is 10.0 Å². The van der Waals surface area contributed by atoms with Crippen molar-refractivity contribution in [2.75, 3.05) is 32.1 Å². The lowest BCUT2D eigenvalue weighted by atomic mass is 10.1. The first-order valence-corrected chi connectivity index (χ1v) is 8.89. The Kier molecular flexibility index (Phi) is 5.61. The fourth-order valence-corrected chi connectivity index (χ4v) is 3.99. The molecular weight excluding hydrogens is 288 g/mol. The van der Waals surface area contributed by atoms with Gasteiger partial charge in [-0.3, -0.25) is 0 Å². The molecule has 1 saturated heterocycles. The Balaban J connectivity index is 2.11. The number of benzene rings is 1. The summed E-state index contributed by atoms with van der Waals surface area (Å²) in [7, 11) is -1.78. The predicted octanol–water partition coefficient (Wildman–Crippen LogP) is 2.31. The van der Waals surface area contributed by atoms with Gasteiger partial charge in [0.15, 0.2) is 0 Å². The number of nitrogens with zero attached hydrogens (tertiary/aromatic N) is 1. The molecule has 0 radical (unpaired) electrons. The van der Waals surface area contributed by atoms with E-state index in [1.165, 1.54) is 4.31 Å². The van der Waals surface area contributed by atoms with Crippen molar-refractivity contribution in [1.29, 1.82) is 0 Å². The summed E-state index contributed by atoms with van der Waals surface area (Å²) in [6.07, 6.45) is 2.79. The average Bonchev–Trinajstić information content (AvgIpc) is 2.53. The summed E-state index contributed by atoms with van der Waals surface area (Å²) in [5, 5.41) is 3.24. The Hall–Kier alpha value is -1.11. The van der Waals surface area contributed by atoms with Gasteiger partial charge in [-0.1, -0.05) is 6.92 Å². The highest BCUT2D eigenvalue weighted by Crippen LogP contribution is 2.23. The van der Waals surface area contributed by atoms with E-state index in [2.05, 4.69) is 12.2 Å². The summed E-state index contributed by atoms with van der Waals surface area (Å²) in [5.41, 5.74) is 0.948. The van der Waals surface area contributed by atoms with Crippen LogP contribution in [-0.2, 0) is 14.8 Å². The van der Waals surface area contributed by atoms with Gasteiger partial charge in [-0.2, -0.15) is 4.31 Å². The van der Waals surface area contributed by atoms with Crippen LogP contribution in [0.4, 0.5) is 5.69 Å². The summed E-state index contributed by atoms with van der Waals surface area (Å²) in [6, 6.07) is 6.98. The van der Waals surface area contributed by atoms with E-state index in [1.54, 1.807) is 19.2 Å². The van der Waals surface area contributed by atoms with Crippen LogP contribution in [0.2, 0.25) is 0 Å². The van der Waals surface area contributed by atoms with E-state index in [1.807, 2.05) is 12.1 Å². The maximum absolute atomic E-state index is 12.6. The van der Waals surface area contributed by atoms with Crippen LogP contribution >= 0.6 is 0 Å². The third-order valence-electron chi connectivity index (χ3n) is 3.75. The fraction of sp³-hybridized carbons (Fsp3) is 0.600. The molecular formula is C15H24N2O3S. The second kappa shape index (κ2) is 7.24. The number of sulfonamides is 1. The lowest BCUT2D eigenvalue weighted by Gasteiger charge is -2.31. The number of hydrogen-bond donors (Lipinski definition) is 1. The van der Waals surface area contributed by atoms with Gasteiger partial charge in [0.25, 0.3) is 0 Å². The van der Waals surface area contributed by atoms with Gasteiger partial charge in [-0.15, -0.1) is 0 Å². The average molecular weight is 312 g/mol. The van der Waals surface area contributed by atoms with Gasteiger partial charge in [-0.25, -0.2) is 8.42 Å². The minimum absolute atomic E-state index is 0.000908. The largest absolute Gasteiger partial charge is 0.385 e. The number of anilines is 1. The number of rotatable bonds is 6. The van der Waals surface area contributed by atoms with Crippen LogP contribution in [0, 0.1) is 0 Å². The van der Waals surface area contributed by atoms with Crippen LogP contribution in [0.5, 0.6) is 0 Å². The van der Waals surface area contributed by atoms with E-state index in [9.17, 15) is 8.42 Å². The highest BCUT2D eigenvalue weighted by Gasteiger charge is 2.30. The van der Waals surface area contributed by atoms with Crippen molar-refractivity contribution in [2.24, 2.45) is 0 Å². The molecule has 6 heteroatoms. The molecule has 0 amide bonds. The van der Waals surface area contributed by atoms with Crippen molar-refractivity contribution in [3.63, 3.8) is 0 Å². The second-order valence-electron chi connectivity index (χ2n) is 5.31. The van der Waals surface area contributed by atoms with Crippen LogP contribution in [0.15, 0.2) is 29.2 Å². The second-order valence-corrected chi connectivity index (χ2v) is 7.25. The molecule has 1 aromatic carbocycles. The smallest absolute Gasteiger partial charge is 0.243 e. The van der Waals surface area contributed by atoms with Crippen molar-refractivity contribution in [3.8, 4) is 0 Å². The molecule has 0 bridgehead atoms. The third kappa shape index (κ3) is 3.96. The molecule has 1 heterocycles.